The minimum absolute atomic E-state index is 0.0911. The molecule has 6 heteroatoms. The average Bonchev–Trinajstić information content (AvgIpc) is 2.78. The molecular weight excluding hydrogens is 294 g/mol. The quantitative estimate of drug-likeness (QED) is 0.583. The van der Waals surface area contributed by atoms with E-state index >= 15 is 0 Å². The molecule has 2 rings (SSSR count). The SMILES string of the molecule is CC(C)[C@H](N)C(=O)NCCCCN1C(=O)c2ccccc2C1=O. The zero-order chi connectivity index (χ0) is 17.0. The molecule has 1 aromatic carbocycles. The maximum atomic E-state index is 12.2. The molecule has 0 aromatic heterocycles. The van der Waals surface area contributed by atoms with Crippen LogP contribution < -0.4 is 11.1 Å². The van der Waals surface area contributed by atoms with E-state index in [0.717, 1.165) is 0 Å². The first kappa shape index (κ1) is 17.1. The Morgan fingerprint density at radius 1 is 1.13 bits per heavy atom. The van der Waals surface area contributed by atoms with Crippen molar-refractivity contribution >= 4 is 17.7 Å². The molecule has 0 unspecified atom stereocenters. The third-order valence-corrected chi connectivity index (χ3v) is 4.01. The fourth-order valence-electron chi connectivity index (χ4n) is 2.47. The van der Waals surface area contributed by atoms with Gasteiger partial charge in [-0.2, -0.15) is 0 Å². The summed E-state index contributed by atoms with van der Waals surface area (Å²) < 4.78 is 0. The molecule has 1 aliphatic heterocycles. The molecule has 3 amide bonds. The van der Waals surface area contributed by atoms with Crippen LogP contribution in [0, 0.1) is 5.92 Å². The minimum Gasteiger partial charge on any atom is -0.355 e. The summed E-state index contributed by atoms with van der Waals surface area (Å²) in [4.78, 5) is 37.3. The van der Waals surface area contributed by atoms with E-state index in [-0.39, 0.29) is 23.6 Å². The van der Waals surface area contributed by atoms with Crippen molar-refractivity contribution in [2.45, 2.75) is 32.7 Å². The van der Waals surface area contributed by atoms with E-state index in [1.807, 2.05) is 13.8 Å². The summed E-state index contributed by atoms with van der Waals surface area (Å²) in [5, 5.41) is 2.78. The summed E-state index contributed by atoms with van der Waals surface area (Å²) >= 11 is 0. The molecule has 1 atom stereocenters. The lowest BCUT2D eigenvalue weighted by Gasteiger charge is -2.16. The molecule has 0 saturated carbocycles. The van der Waals surface area contributed by atoms with Crippen LogP contribution >= 0.6 is 0 Å². The Morgan fingerprint density at radius 2 is 1.70 bits per heavy atom. The number of carbonyl (C=O) groups excluding carboxylic acids is 3. The molecule has 0 fully saturated rings. The first-order chi connectivity index (χ1) is 10.9. The maximum absolute atomic E-state index is 12.2. The van der Waals surface area contributed by atoms with Crippen LogP contribution in [-0.4, -0.2) is 41.8 Å². The van der Waals surface area contributed by atoms with E-state index in [9.17, 15) is 14.4 Å². The summed E-state index contributed by atoms with van der Waals surface area (Å²) in [5.74, 6) is -0.554. The Balaban J connectivity index is 1.75. The number of nitrogens with one attached hydrogen (secondary N) is 1. The van der Waals surface area contributed by atoms with Gasteiger partial charge in [0.05, 0.1) is 17.2 Å². The van der Waals surface area contributed by atoms with Gasteiger partial charge in [-0.25, -0.2) is 0 Å². The summed E-state index contributed by atoms with van der Waals surface area (Å²) in [6.07, 6.45) is 1.33. The fourth-order valence-corrected chi connectivity index (χ4v) is 2.47. The Labute approximate surface area is 136 Å². The van der Waals surface area contributed by atoms with Gasteiger partial charge in [0.1, 0.15) is 0 Å². The van der Waals surface area contributed by atoms with Crippen molar-refractivity contribution in [1.29, 1.82) is 0 Å². The molecular formula is C17H23N3O3. The smallest absolute Gasteiger partial charge is 0.261 e. The number of hydrogen-bond acceptors (Lipinski definition) is 4. The first-order valence-electron chi connectivity index (χ1n) is 7.92. The molecule has 1 aliphatic rings. The molecule has 124 valence electrons. The predicted octanol–water partition coefficient (Wildman–Crippen LogP) is 1.16. The summed E-state index contributed by atoms with van der Waals surface area (Å²) in [6, 6.07) is 6.33. The number of benzene rings is 1. The van der Waals surface area contributed by atoms with Crippen LogP contribution in [0.4, 0.5) is 0 Å². The minimum atomic E-state index is -0.508. The number of imide groups is 1. The molecule has 0 spiro atoms. The van der Waals surface area contributed by atoms with Crippen LogP contribution in [0.2, 0.25) is 0 Å². The van der Waals surface area contributed by atoms with Crippen LogP contribution in [0.25, 0.3) is 0 Å². The highest BCUT2D eigenvalue weighted by atomic mass is 16.2. The van der Waals surface area contributed by atoms with E-state index in [1.165, 1.54) is 4.90 Å². The normalized spacial score (nSPS) is 15.0. The van der Waals surface area contributed by atoms with Gasteiger partial charge < -0.3 is 11.1 Å². The number of rotatable bonds is 7. The summed E-state index contributed by atoms with van der Waals surface area (Å²) in [6.45, 7) is 4.64. The van der Waals surface area contributed by atoms with Crippen molar-refractivity contribution in [1.82, 2.24) is 10.2 Å². The van der Waals surface area contributed by atoms with Gasteiger partial charge in [-0.15, -0.1) is 0 Å². The van der Waals surface area contributed by atoms with E-state index in [0.29, 0.717) is 37.1 Å². The molecule has 23 heavy (non-hydrogen) atoms. The second-order valence-electron chi connectivity index (χ2n) is 6.08. The lowest BCUT2D eigenvalue weighted by molar-refractivity contribution is -0.123. The molecule has 3 N–H and O–H groups in total. The van der Waals surface area contributed by atoms with Crippen LogP contribution in [-0.2, 0) is 4.79 Å². The number of amides is 3. The highest BCUT2D eigenvalue weighted by Crippen LogP contribution is 2.22. The number of hydrogen-bond donors (Lipinski definition) is 2. The van der Waals surface area contributed by atoms with E-state index in [4.69, 9.17) is 5.73 Å². The molecule has 1 aromatic rings. The predicted molar refractivity (Wildman–Crippen MR) is 86.9 cm³/mol. The van der Waals surface area contributed by atoms with Crippen molar-refractivity contribution in [3.05, 3.63) is 35.4 Å². The van der Waals surface area contributed by atoms with E-state index < -0.39 is 6.04 Å². The Morgan fingerprint density at radius 3 is 2.22 bits per heavy atom. The highest BCUT2D eigenvalue weighted by Gasteiger charge is 2.34. The topological polar surface area (TPSA) is 92.5 Å². The van der Waals surface area contributed by atoms with Gasteiger partial charge in [-0.3, -0.25) is 19.3 Å². The van der Waals surface area contributed by atoms with Crippen LogP contribution in [0.5, 0.6) is 0 Å². The lowest BCUT2D eigenvalue weighted by Crippen LogP contribution is -2.44. The van der Waals surface area contributed by atoms with Crippen LogP contribution in [0.3, 0.4) is 0 Å². The Kier molecular flexibility index (Phi) is 5.50. The second-order valence-corrected chi connectivity index (χ2v) is 6.08. The zero-order valence-corrected chi connectivity index (χ0v) is 13.5. The van der Waals surface area contributed by atoms with Gasteiger partial charge >= 0.3 is 0 Å². The second kappa shape index (κ2) is 7.37. The standard InChI is InChI=1S/C17H23N3O3/c1-11(2)14(18)15(21)19-9-5-6-10-20-16(22)12-7-3-4-8-13(12)17(20)23/h3-4,7-8,11,14H,5-6,9-10,18H2,1-2H3,(H,19,21)/t14-/m0/s1. The third-order valence-electron chi connectivity index (χ3n) is 4.01. The molecule has 6 nitrogen and oxygen atoms in total. The number of unbranched alkanes of at least 4 members (excludes halogenated alkanes) is 1. The number of nitrogens with zero attached hydrogens (tertiary/aromatic N) is 1. The zero-order valence-electron chi connectivity index (χ0n) is 13.5. The van der Waals surface area contributed by atoms with Gasteiger partial charge in [-0.05, 0) is 30.9 Å². The van der Waals surface area contributed by atoms with Gasteiger partial charge in [0, 0.05) is 13.1 Å². The van der Waals surface area contributed by atoms with Crippen molar-refractivity contribution in [2.24, 2.45) is 11.7 Å². The Bertz CT molecular complexity index is 578. The number of nitrogens with two attached hydrogens (primary N) is 1. The molecule has 0 saturated heterocycles. The fraction of sp³-hybridized carbons (Fsp3) is 0.471. The largest absolute Gasteiger partial charge is 0.355 e. The third kappa shape index (κ3) is 3.76. The molecule has 1 heterocycles. The van der Waals surface area contributed by atoms with Crippen molar-refractivity contribution in [2.75, 3.05) is 13.1 Å². The average molecular weight is 317 g/mol. The van der Waals surface area contributed by atoms with Gasteiger partial charge in [-0.1, -0.05) is 26.0 Å². The highest BCUT2D eigenvalue weighted by molar-refractivity contribution is 6.21. The monoisotopic (exact) mass is 317 g/mol. The Hall–Kier alpha value is -2.21. The van der Waals surface area contributed by atoms with Crippen molar-refractivity contribution < 1.29 is 14.4 Å². The maximum Gasteiger partial charge on any atom is 0.261 e. The molecule has 0 aliphatic carbocycles. The van der Waals surface area contributed by atoms with Gasteiger partial charge in [0.15, 0.2) is 0 Å². The summed E-state index contributed by atoms with van der Waals surface area (Å²) in [7, 11) is 0. The van der Waals surface area contributed by atoms with Crippen LogP contribution in [0.15, 0.2) is 24.3 Å². The number of fused-ring (bicyclic) bond motifs is 1. The van der Waals surface area contributed by atoms with Gasteiger partial charge in [0.25, 0.3) is 11.8 Å². The lowest BCUT2D eigenvalue weighted by atomic mass is 10.1. The molecule has 0 bridgehead atoms. The van der Waals surface area contributed by atoms with Crippen molar-refractivity contribution in [3.8, 4) is 0 Å². The van der Waals surface area contributed by atoms with Gasteiger partial charge in [0.2, 0.25) is 5.91 Å². The first-order valence-corrected chi connectivity index (χ1v) is 7.92. The van der Waals surface area contributed by atoms with Crippen LogP contribution in [0.1, 0.15) is 47.4 Å². The summed E-state index contributed by atoms with van der Waals surface area (Å²) in [5.41, 5.74) is 6.68. The van der Waals surface area contributed by atoms with Crippen molar-refractivity contribution in [3.63, 3.8) is 0 Å². The van der Waals surface area contributed by atoms with E-state index in [2.05, 4.69) is 5.32 Å². The number of carbonyl (C=O) groups is 3. The van der Waals surface area contributed by atoms with E-state index in [1.54, 1.807) is 24.3 Å². The molecule has 0 radical (unpaired) electrons.